The van der Waals surface area contributed by atoms with Crippen LogP contribution in [0.5, 0.6) is 0 Å². The third kappa shape index (κ3) is 5.73. The summed E-state index contributed by atoms with van der Waals surface area (Å²) in [5.74, 6) is 0.0746. The maximum Gasteiger partial charge on any atom is 0.220 e. The van der Waals surface area contributed by atoms with E-state index in [9.17, 15) is 4.79 Å². The summed E-state index contributed by atoms with van der Waals surface area (Å²) in [6.45, 7) is 4.63. The van der Waals surface area contributed by atoms with Crippen molar-refractivity contribution in [2.45, 2.75) is 38.5 Å². The highest BCUT2D eigenvalue weighted by Crippen LogP contribution is 2.06. The molecule has 17 heavy (non-hydrogen) atoms. The Kier molecular flexibility index (Phi) is 6.06. The SMILES string of the molecule is CCC(Cl)CNC(=O)CCc1cccc(C)c1. The fourth-order valence-corrected chi connectivity index (χ4v) is 1.66. The first-order valence-electron chi connectivity index (χ1n) is 6.08. The Hall–Kier alpha value is -1.02. The maximum atomic E-state index is 11.6. The minimum atomic E-state index is 0.0397. The molecule has 1 atom stereocenters. The number of carbonyl (C=O) groups is 1. The Morgan fingerprint density at radius 2 is 2.24 bits per heavy atom. The number of alkyl halides is 1. The Balaban J connectivity index is 2.28. The minimum Gasteiger partial charge on any atom is -0.355 e. The standard InChI is InChI=1S/C14H20ClNO/c1-3-13(15)10-16-14(17)8-7-12-6-4-5-11(2)9-12/h4-6,9,13H,3,7-8,10H2,1-2H3,(H,16,17). The van der Waals surface area contributed by atoms with Crippen LogP contribution in [0.4, 0.5) is 0 Å². The molecule has 1 aromatic rings. The van der Waals surface area contributed by atoms with Crippen LogP contribution in [0.2, 0.25) is 0 Å². The van der Waals surface area contributed by atoms with Gasteiger partial charge in [0.1, 0.15) is 0 Å². The van der Waals surface area contributed by atoms with Crippen LogP contribution < -0.4 is 5.32 Å². The summed E-state index contributed by atoms with van der Waals surface area (Å²) >= 11 is 5.93. The van der Waals surface area contributed by atoms with E-state index in [0.717, 1.165) is 12.8 Å². The van der Waals surface area contributed by atoms with E-state index in [2.05, 4.69) is 30.4 Å². The van der Waals surface area contributed by atoms with Gasteiger partial charge in [0, 0.05) is 13.0 Å². The average molecular weight is 254 g/mol. The lowest BCUT2D eigenvalue weighted by Crippen LogP contribution is -2.29. The predicted octanol–water partition coefficient (Wildman–Crippen LogP) is 3.06. The molecule has 1 N–H and O–H groups in total. The van der Waals surface area contributed by atoms with Crippen molar-refractivity contribution in [3.63, 3.8) is 0 Å². The first-order chi connectivity index (χ1) is 8.11. The largest absolute Gasteiger partial charge is 0.355 e. The molecule has 0 heterocycles. The third-order valence-corrected chi connectivity index (χ3v) is 3.15. The van der Waals surface area contributed by atoms with Gasteiger partial charge in [0.25, 0.3) is 0 Å². The summed E-state index contributed by atoms with van der Waals surface area (Å²) in [5.41, 5.74) is 2.44. The van der Waals surface area contributed by atoms with Crippen molar-refractivity contribution < 1.29 is 4.79 Å². The molecule has 1 aromatic carbocycles. The highest BCUT2D eigenvalue weighted by atomic mass is 35.5. The van der Waals surface area contributed by atoms with E-state index in [-0.39, 0.29) is 11.3 Å². The molecule has 3 heteroatoms. The lowest BCUT2D eigenvalue weighted by Gasteiger charge is -2.08. The van der Waals surface area contributed by atoms with Crippen molar-refractivity contribution in [3.8, 4) is 0 Å². The van der Waals surface area contributed by atoms with Gasteiger partial charge in [-0.1, -0.05) is 36.8 Å². The van der Waals surface area contributed by atoms with Gasteiger partial charge in [0.2, 0.25) is 5.91 Å². The molecular weight excluding hydrogens is 234 g/mol. The molecule has 1 unspecified atom stereocenters. The third-order valence-electron chi connectivity index (χ3n) is 2.69. The number of halogens is 1. The molecule has 0 saturated heterocycles. The molecule has 0 spiro atoms. The number of nitrogens with one attached hydrogen (secondary N) is 1. The molecule has 0 bridgehead atoms. The van der Waals surface area contributed by atoms with Crippen LogP contribution in [0.25, 0.3) is 0 Å². The van der Waals surface area contributed by atoms with Gasteiger partial charge in [-0.15, -0.1) is 11.6 Å². The smallest absolute Gasteiger partial charge is 0.220 e. The molecule has 0 aliphatic heterocycles. The molecule has 1 rings (SSSR count). The van der Waals surface area contributed by atoms with Crippen LogP contribution in [-0.4, -0.2) is 17.8 Å². The zero-order valence-corrected chi connectivity index (χ0v) is 11.3. The van der Waals surface area contributed by atoms with Crippen LogP contribution in [0, 0.1) is 6.92 Å². The number of hydrogen-bond donors (Lipinski definition) is 1. The normalized spacial score (nSPS) is 12.2. The van der Waals surface area contributed by atoms with Gasteiger partial charge in [-0.25, -0.2) is 0 Å². The second-order valence-corrected chi connectivity index (χ2v) is 4.92. The summed E-state index contributed by atoms with van der Waals surface area (Å²) in [6.07, 6.45) is 2.18. The molecule has 0 fully saturated rings. The van der Waals surface area contributed by atoms with Gasteiger partial charge in [-0.2, -0.15) is 0 Å². The lowest BCUT2D eigenvalue weighted by atomic mass is 10.1. The number of aryl methyl sites for hydroxylation is 2. The number of rotatable bonds is 6. The van der Waals surface area contributed by atoms with Crippen LogP contribution in [-0.2, 0) is 11.2 Å². The summed E-state index contributed by atoms with van der Waals surface area (Å²) in [5, 5.41) is 2.89. The number of benzene rings is 1. The molecular formula is C14H20ClNO. The van der Waals surface area contributed by atoms with E-state index in [1.54, 1.807) is 0 Å². The summed E-state index contributed by atoms with van der Waals surface area (Å²) in [4.78, 5) is 11.6. The maximum absolute atomic E-state index is 11.6. The quantitative estimate of drug-likeness (QED) is 0.776. The number of carbonyl (C=O) groups excluding carboxylic acids is 1. The molecule has 0 aliphatic carbocycles. The Morgan fingerprint density at radius 1 is 1.47 bits per heavy atom. The zero-order chi connectivity index (χ0) is 12.7. The minimum absolute atomic E-state index is 0.0397. The van der Waals surface area contributed by atoms with Gasteiger partial charge in [0.05, 0.1) is 5.38 Å². The summed E-state index contributed by atoms with van der Waals surface area (Å²) in [6, 6.07) is 8.25. The fraction of sp³-hybridized carbons (Fsp3) is 0.500. The van der Waals surface area contributed by atoms with Crippen LogP contribution in [0.15, 0.2) is 24.3 Å². The average Bonchev–Trinajstić information content (AvgIpc) is 2.33. The molecule has 0 radical (unpaired) electrons. The fourth-order valence-electron chi connectivity index (χ4n) is 1.58. The van der Waals surface area contributed by atoms with Crippen molar-refractivity contribution in [2.24, 2.45) is 0 Å². The first kappa shape index (κ1) is 14.0. The topological polar surface area (TPSA) is 29.1 Å². The van der Waals surface area contributed by atoms with E-state index >= 15 is 0 Å². The Morgan fingerprint density at radius 3 is 2.88 bits per heavy atom. The number of amides is 1. The summed E-state index contributed by atoms with van der Waals surface area (Å²) in [7, 11) is 0. The van der Waals surface area contributed by atoms with Gasteiger partial charge < -0.3 is 5.32 Å². The van der Waals surface area contributed by atoms with E-state index in [1.807, 2.05) is 13.0 Å². The van der Waals surface area contributed by atoms with E-state index in [1.165, 1.54) is 11.1 Å². The van der Waals surface area contributed by atoms with Crippen molar-refractivity contribution in [2.75, 3.05) is 6.54 Å². The highest BCUT2D eigenvalue weighted by Gasteiger charge is 2.05. The highest BCUT2D eigenvalue weighted by molar-refractivity contribution is 6.20. The second-order valence-electron chi connectivity index (χ2n) is 4.30. The van der Waals surface area contributed by atoms with Gasteiger partial charge in [0.15, 0.2) is 0 Å². The second kappa shape index (κ2) is 7.33. The van der Waals surface area contributed by atoms with Crippen LogP contribution in [0.1, 0.15) is 30.9 Å². The van der Waals surface area contributed by atoms with Crippen molar-refractivity contribution in [1.29, 1.82) is 0 Å². The van der Waals surface area contributed by atoms with Gasteiger partial charge in [-0.05, 0) is 25.3 Å². The van der Waals surface area contributed by atoms with E-state index in [4.69, 9.17) is 11.6 Å². The summed E-state index contributed by atoms with van der Waals surface area (Å²) < 4.78 is 0. The van der Waals surface area contributed by atoms with E-state index < -0.39 is 0 Å². The zero-order valence-electron chi connectivity index (χ0n) is 10.5. The van der Waals surface area contributed by atoms with Crippen molar-refractivity contribution in [3.05, 3.63) is 35.4 Å². The molecule has 1 amide bonds. The van der Waals surface area contributed by atoms with E-state index in [0.29, 0.717) is 13.0 Å². The molecule has 0 aliphatic rings. The Bertz CT molecular complexity index is 365. The Labute approximate surface area is 108 Å². The molecule has 0 saturated carbocycles. The number of hydrogen-bond acceptors (Lipinski definition) is 1. The van der Waals surface area contributed by atoms with Crippen LogP contribution >= 0.6 is 11.6 Å². The van der Waals surface area contributed by atoms with Gasteiger partial charge in [-0.3, -0.25) is 4.79 Å². The molecule has 0 aromatic heterocycles. The lowest BCUT2D eigenvalue weighted by molar-refractivity contribution is -0.121. The monoisotopic (exact) mass is 253 g/mol. The van der Waals surface area contributed by atoms with Crippen molar-refractivity contribution in [1.82, 2.24) is 5.32 Å². The van der Waals surface area contributed by atoms with Crippen molar-refractivity contribution >= 4 is 17.5 Å². The predicted molar refractivity (Wildman–Crippen MR) is 72.4 cm³/mol. The molecule has 2 nitrogen and oxygen atoms in total. The first-order valence-corrected chi connectivity index (χ1v) is 6.51. The van der Waals surface area contributed by atoms with Gasteiger partial charge >= 0.3 is 0 Å². The molecule has 94 valence electrons. The van der Waals surface area contributed by atoms with Crippen LogP contribution in [0.3, 0.4) is 0 Å².